The fraction of sp³-hybridized carbons (Fsp3) is 0.227. The third-order valence-electron chi connectivity index (χ3n) is 5.11. The summed E-state index contributed by atoms with van der Waals surface area (Å²) in [6.45, 7) is 3.06. The molecular weight excluding hydrogens is 414 g/mol. The maximum Gasteiger partial charge on any atom is 0.269 e. The highest BCUT2D eigenvalue weighted by molar-refractivity contribution is 7.99. The minimum atomic E-state index is -0.437. The fourth-order valence-electron chi connectivity index (χ4n) is 3.38. The molecule has 0 aliphatic carbocycles. The second-order valence-electron chi connectivity index (χ2n) is 7.05. The van der Waals surface area contributed by atoms with Gasteiger partial charge in [0.1, 0.15) is 5.03 Å². The van der Waals surface area contributed by atoms with Crippen LogP contribution in [-0.2, 0) is 4.79 Å². The predicted octanol–water partition coefficient (Wildman–Crippen LogP) is 3.49. The van der Waals surface area contributed by atoms with Crippen LogP contribution in [-0.4, -0.2) is 57.9 Å². The minimum absolute atomic E-state index is 0.0343. The number of anilines is 1. The summed E-state index contributed by atoms with van der Waals surface area (Å²) in [6.07, 6.45) is 0. The quantitative estimate of drug-likeness (QED) is 0.332. The number of carbonyl (C=O) groups excluding carboxylic acids is 1. The van der Waals surface area contributed by atoms with Crippen LogP contribution >= 0.6 is 11.8 Å². The molecule has 0 unspecified atom stereocenters. The van der Waals surface area contributed by atoms with Gasteiger partial charge in [-0.1, -0.05) is 30.0 Å². The smallest absolute Gasteiger partial charge is 0.269 e. The third-order valence-corrected chi connectivity index (χ3v) is 6.02. The van der Waals surface area contributed by atoms with Crippen molar-refractivity contribution in [1.29, 1.82) is 0 Å². The Morgan fingerprint density at radius 1 is 0.935 bits per heavy atom. The SMILES string of the molecule is O=C(CSc1ccc(-c2ccc([N+](=O)[O-])cc2)nn1)N1CCN(c2ccccc2)CC1. The number of rotatable bonds is 6. The minimum Gasteiger partial charge on any atom is -0.368 e. The van der Waals surface area contributed by atoms with E-state index in [1.165, 1.54) is 29.6 Å². The van der Waals surface area contributed by atoms with Crippen molar-refractivity contribution in [2.45, 2.75) is 5.03 Å². The van der Waals surface area contributed by atoms with Gasteiger partial charge in [-0.15, -0.1) is 10.2 Å². The lowest BCUT2D eigenvalue weighted by molar-refractivity contribution is -0.384. The number of hydrogen-bond acceptors (Lipinski definition) is 7. The van der Waals surface area contributed by atoms with Gasteiger partial charge in [-0.05, 0) is 36.4 Å². The number of nitrogens with zero attached hydrogens (tertiary/aromatic N) is 5. The maximum absolute atomic E-state index is 12.6. The van der Waals surface area contributed by atoms with Crippen LogP contribution in [0.15, 0.2) is 71.8 Å². The number of hydrogen-bond donors (Lipinski definition) is 0. The average Bonchev–Trinajstić information content (AvgIpc) is 2.83. The molecule has 4 rings (SSSR count). The number of non-ortho nitro benzene ring substituents is 1. The summed E-state index contributed by atoms with van der Waals surface area (Å²) in [7, 11) is 0. The first kappa shape index (κ1) is 20.8. The molecule has 0 atom stereocenters. The molecule has 0 radical (unpaired) electrons. The highest BCUT2D eigenvalue weighted by Gasteiger charge is 2.21. The number of thioether (sulfide) groups is 1. The zero-order valence-electron chi connectivity index (χ0n) is 16.8. The van der Waals surface area contributed by atoms with Crippen molar-refractivity contribution >= 4 is 29.0 Å². The molecule has 1 fully saturated rings. The Morgan fingerprint density at radius 3 is 2.26 bits per heavy atom. The summed E-state index contributed by atoms with van der Waals surface area (Å²) in [6, 6.07) is 20.0. The molecule has 1 amide bonds. The van der Waals surface area contributed by atoms with E-state index in [0.29, 0.717) is 29.6 Å². The Morgan fingerprint density at radius 2 is 1.65 bits per heavy atom. The Hall–Kier alpha value is -3.46. The Balaban J connectivity index is 1.27. The van der Waals surface area contributed by atoms with Crippen molar-refractivity contribution in [1.82, 2.24) is 15.1 Å². The molecule has 158 valence electrons. The number of amides is 1. The van der Waals surface area contributed by atoms with E-state index in [-0.39, 0.29) is 11.6 Å². The molecule has 2 aromatic carbocycles. The highest BCUT2D eigenvalue weighted by Crippen LogP contribution is 2.23. The van der Waals surface area contributed by atoms with Crippen LogP contribution in [0.3, 0.4) is 0 Å². The predicted molar refractivity (Wildman–Crippen MR) is 120 cm³/mol. The van der Waals surface area contributed by atoms with Crippen molar-refractivity contribution in [3.63, 3.8) is 0 Å². The Bertz CT molecular complexity index is 1040. The van der Waals surface area contributed by atoms with Crippen molar-refractivity contribution in [2.24, 2.45) is 0 Å². The van der Waals surface area contributed by atoms with Gasteiger partial charge in [-0.3, -0.25) is 14.9 Å². The maximum atomic E-state index is 12.6. The monoisotopic (exact) mass is 435 g/mol. The molecule has 0 N–H and O–H groups in total. The van der Waals surface area contributed by atoms with Crippen LogP contribution in [0.1, 0.15) is 0 Å². The lowest BCUT2D eigenvalue weighted by Crippen LogP contribution is -2.49. The van der Waals surface area contributed by atoms with Gasteiger partial charge in [0.25, 0.3) is 5.69 Å². The molecular formula is C22H21N5O3S. The zero-order valence-corrected chi connectivity index (χ0v) is 17.6. The van der Waals surface area contributed by atoms with Gasteiger partial charge in [0.2, 0.25) is 5.91 Å². The van der Waals surface area contributed by atoms with Gasteiger partial charge in [0.05, 0.1) is 16.4 Å². The van der Waals surface area contributed by atoms with E-state index >= 15 is 0 Å². The van der Waals surface area contributed by atoms with Crippen molar-refractivity contribution in [3.05, 3.63) is 76.8 Å². The number of piperazine rings is 1. The zero-order chi connectivity index (χ0) is 21.6. The number of nitro benzene ring substituents is 1. The normalized spacial score (nSPS) is 13.8. The highest BCUT2D eigenvalue weighted by atomic mass is 32.2. The van der Waals surface area contributed by atoms with Gasteiger partial charge in [0, 0.05) is 49.6 Å². The molecule has 1 aliphatic heterocycles. The molecule has 1 aromatic heterocycles. The van der Waals surface area contributed by atoms with E-state index in [2.05, 4.69) is 27.2 Å². The van der Waals surface area contributed by atoms with Gasteiger partial charge >= 0.3 is 0 Å². The van der Waals surface area contributed by atoms with Gasteiger partial charge in [0.15, 0.2) is 0 Å². The Labute approximate surface area is 184 Å². The largest absolute Gasteiger partial charge is 0.368 e. The molecule has 3 aromatic rings. The molecule has 31 heavy (non-hydrogen) atoms. The number of nitro groups is 1. The molecule has 0 saturated carbocycles. The van der Waals surface area contributed by atoms with Crippen molar-refractivity contribution < 1.29 is 9.72 Å². The molecule has 0 spiro atoms. The summed E-state index contributed by atoms with van der Waals surface area (Å²) in [5.74, 6) is 0.413. The first-order valence-corrected chi connectivity index (χ1v) is 10.9. The average molecular weight is 436 g/mol. The second-order valence-corrected chi connectivity index (χ2v) is 8.05. The summed E-state index contributed by atoms with van der Waals surface area (Å²) in [5.41, 5.74) is 2.60. The lowest BCUT2D eigenvalue weighted by Gasteiger charge is -2.36. The van der Waals surface area contributed by atoms with E-state index in [4.69, 9.17) is 0 Å². The first-order chi connectivity index (χ1) is 15.1. The van der Waals surface area contributed by atoms with Crippen LogP contribution < -0.4 is 4.90 Å². The van der Waals surface area contributed by atoms with Crippen LogP contribution in [0.25, 0.3) is 11.3 Å². The summed E-state index contributed by atoms with van der Waals surface area (Å²) in [5, 5.41) is 19.8. The summed E-state index contributed by atoms with van der Waals surface area (Å²) >= 11 is 1.36. The van der Waals surface area contributed by atoms with E-state index in [9.17, 15) is 14.9 Å². The van der Waals surface area contributed by atoms with E-state index < -0.39 is 4.92 Å². The molecule has 2 heterocycles. The van der Waals surface area contributed by atoms with Gasteiger partial charge < -0.3 is 9.80 Å². The van der Waals surface area contributed by atoms with Gasteiger partial charge in [-0.25, -0.2) is 0 Å². The van der Waals surface area contributed by atoms with Crippen LogP contribution in [0.4, 0.5) is 11.4 Å². The molecule has 1 saturated heterocycles. The topological polar surface area (TPSA) is 92.5 Å². The van der Waals surface area contributed by atoms with Crippen LogP contribution in [0.2, 0.25) is 0 Å². The lowest BCUT2D eigenvalue weighted by atomic mass is 10.1. The number of benzene rings is 2. The summed E-state index contributed by atoms with van der Waals surface area (Å²) < 4.78 is 0. The van der Waals surface area contributed by atoms with E-state index in [1.807, 2.05) is 29.2 Å². The number of para-hydroxylation sites is 1. The van der Waals surface area contributed by atoms with Crippen molar-refractivity contribution in [3.8, 4) is 11.3 Å². The van der Waals surface area contributed by atoms with Crippen molar-refractivity contribution in [2.75, 3.05) is 36.8 Å². The fourth-order valence-corrected chi connectivity index (χ4v) is 4.10. The third kappa shape index (κ3) is 5.18. The van der Waals surface area contributed by atoms with Crippen LogP contribution in [0.5, 0.6) is 0 Å². The first-order valence-electron chi connectivity index (χ1n) is 9.89. The summed E-state index contributed by atoms with van der Waals surface area (Å²) in [4.78, 5) is 27.1. The van der Waals surface area contributed by atoms with Crippen LogP contribution in [0, 0.1) is 10.1 Å². The molecule has 0 bridgehead atoms. The van der Waals surface area contributed by atoms with E-state index in [0.717, 1.165) is 18.7 Å². The second kappa shape index (κ2) is 9.57. The Kier molecular flexibility index (Phi) is 6.42. The van der Waals surface area contributed by atoms with E-state index in [1.54, 1.807) is 18.2 Å². The molecule has 8 nitrogen and oxygen atoms in total. The molecule has 9 heteroatoms. The number of aromatic nitrogens is 2. The number of carbonyl (C=O) groups is 1. The van der Waals surface area contributed by atoms with Gasteiger partial charge in [-0.2, -0.15) is 0 Å². The standard InChI is InChI=1S/C22H21N5O3S/c28-22(26-14-12-25(13-15-26)18-4-2-1-3-5-18)16-31-21-11-10-20(23-24-21)17-6-8-19(9-7-17)27(29)30/h1-11H,12-16H2. The molecule has 1 aliphatic rings.